The number of hydrogen-bond donors (Lipinski definition) is 3. The predicted molar refractivity (Wildman–Crippen MR) is 326 cm³/mol. The molecule has 496 valence electrons. The molecule has 8 aromatic rings. The van der Waals surface area contributed by atoms with Gasteiger partial charge in [-0.05, 0) is 151 Å². The molecule has 0 aliphatic carbocycles. The number of anilines is 3. The van der Waals surface area contributed by atoms with E-state index in [2.05, 4.69) is 61.0 Å². The van der Waals surface area contributed by atoms with Crippen LogP contribution in [0.4, 0.5) is 61.4 Å². The lowest BCUT2D eigenvalue weighted by Gasteiger charge is -2.40. The third-order valence-electron chi connectivity index (χ3n) is 16.3. The van der Waals surface area contributed by atoms with Crippen LogP contribution in [0.2, 0.25) is 0 Å². The van der Waals surface area contributed by atoms with Crippen molar-refractivity contribution in [1.29, 1.82) is 0 Å². The third-order valence-corrected chi connectivity index (χ3v) is 16.3. The summed E-state index contributed by atoms with van der Waals surface area (Å²) in [6.07, 6.45) is 2.97. The van der Waals surface area contributed by atoms with E-state index in [-0.39, 0.29) is 76.7 Å². The van der Waals surface area contributed by atoms with Gasteiger partial charge in [0.2, 0.25) is 0 Å². The topological polar surface area (TPSA) is 227 Å². The van der Waals surface area contributed by atoms with E-state index >= 15 is 0 Å². The van der Waals surface area contributed by atoms with Crippen LogP contribution >= 0.6 is 0 Å². The Labute approximate surface area is 533 Å². The van der Waals surface area contributed by atoms with Crippen LogP contribution in [0.3, 0.4) is 0 Å². The summed E-state index contributed by atoms with van der Waals surface area (Å²) in [6.45, 7) is 11.0. The van der Waals surface area contributed by atoms with Crippen LogP contribution in [0.5, 0.6) is 5.75 Å². The maximum atomic E-state index is 14.0. The first-order valence-electron chi connectivity index (χ1n) is 29.9. The van der Waals surface area contributed by atoms with Gasteiger partial charge in [-0.1, -0.05) is 6.07 Å². The minimum absolute atomic E-state index is 0.107. The number of ether oxygens (including phenoxy) is 1. The van der Waals surface area contributed by atoms with Crippen LogP contribution in [-0.2, 0) is 18.5 Å². The molecule has 0 saturated carbocycles. The summed E-state index contributed by atoms with van der Waals surface area (Å²) in [5.74, 6) is -0.192. The first-order chi connectivity index (χ1) is 44.7. The second-order valence-corrected chi connectivity index (χ2v) is 22.7. The molecule has 20 nitrogen and oxygen atoms in total. The standard InChI is InChI=1S/C23H23F3N6O.C21H22F3N7O.C20H21F4N3O2/c1-14-11-17(21-27-8-4-9-28-21)20(30-12-14)22(33)32-10-3-5-18(15(32)2)31-19-7-6-16(13-29-19)23(24,25)26;1-13-10-17(31-27-7-8-28-31)19(26-11-13)20(32)30-9-3-4-16(14(30)2)29-18-6-5-15(12-25-18)21(22,23)24;1-12-16(26-17-9-8-13(11-25-17)20(22,23)24)7-4-10-27(12)19(28)14-5-3-6-15(21)18(14)29-2/h4,6-9,11-13,15,18H,3,5,10H2,1-2H3,(H,29,31);5-8,10-12,14,16H,3-4,9H2,1-2H3,(H,25,29);3,5-6,8-9,11-12,16H,4,7,10H2,1-2H3,(H,25,26)/t15-,18+;14-,16+;12-,16+/m000/s1. The lowest BCUT2D eigenvalue weighted by atomic mass is 9.96. The van der Waals surface area contributed by atoms with E-state index < -0.39 is 41.0 Å². The van der Waals surface area contributed by atoms with Crippen LogP contribution in [0, 0.1) is 19.7 Å². The molecule has 3 amide bonds. The highest BCUT2D eigenvalue weighted by Gasteiger charge is 2.39. The number of amides is 3. The summed E-state index contributed by atoms with van der Waals surface area (Å²) >= 11 is 0. The summed E-state index contributed by atoms with van der Waals surface area (Å²) in [5, 5.41) is 17.7. The van der Waals surface area contributed by atoms with Crippen LogP contribution in [0.1, 0.15) is 118 Å². The number of likely N-dealkylation sites (tertiary alicyclic amines) is 3. The molecule has 6 atom stereocenters. The van der Waals surface area contributed by atoms with Gasteiger partial charge in [0.05, 0.1) is 47.3 Å². The minimum atomic E-state index is -4.45. The van der Waals surface area contributed by atoms with E-state index in [0.29, 0.717) is 67.0 Å². The number of methoxy groups -OCH3 is 1. The summed E-state index contributed by atoms with van der Waals surface area (Å²) in [7, 11) is 1.30. The largest absolute Gasteiger partial charge is 0.493 e. The van der Waals surface area contributed by atoms with Gasteiger partial charge in [-0.15, -0.1) is 4.80 Å². The maximum Gasteiger partial charge on any atom is 0.417 e. The minimum Gasteiger partial charge on any atom is -0.493 e. The van der Waals surface area contributed by atoms with Gasteiger partial charge in [-0.2, -0.15) is 49.7 Å². The highest BCUT2D eigenvalue weighted by Crippen LogP contribution is 2.35. The van der Waals surface area contributed by atoms with Gasteiger partial charge in [-0.25, -0.2) is 34.3 Å². The first-order valence-corrected chi connectivity index (χ1v) is 29.9. The molecule has 10 heterocycles. The van der Waals surface area contributed by atoms with Crippen molar-refractivity contribution in [3.63, 3.8) is 0 Å². The second-order valence-electron chi connectivity index (χ2n) is 22.7. The van der Waals surface area contributed by atoms with E-state index in [9.17, 15) is 58.3 Å². The second kappa shape index (κ2) is 29.4. The molecule has 3 N–H and O–H groups in total. The molecule has 3 aliphatic rings. The number of pyridine rings is 5. The van der Waals surface area contributed by atoms with Crippen molar-refractivity contribution in [2.24, 2.45) is 0 Å². The number of rotatable bonds is 12. The maximum absolute atomic E-state index is 14.0. The van der Waals surface area contributed by atoms with Gasteiger partial charge in [0, 0.05) is 99.3 Å². The van der Waals surface area contributed by atoms with Crippen molar-refractivity contribution in [3.8, 4) is 22.8 Å². The molecular weight excluding hydrogens is 1250 g/mol. The Bertz CT molecular complexity index is 3870. The molecule has 0 radical (unpaired) electrons. The molecule has 0 bridgehead atoms. The number of halogens is 10. The Hall–Kier alpha value is -9.90. The number of nitrogens with zero attached hydrogens (tertiary/aromatic N) is 13. The van der Waals surface area contributed by atoms with Crippen molar-refractivity contribution in [3.05, 3.63) is 179 Å². The fourth-order valence-corrected chi connectivity index (χ4v) is 11.3. The number of aryl methyl sites for hydroxylation is 2. The Balaban J connectivity index is 0.000000166. The highest BCUT2D eigenvalue weighted by atomic mass is 19.4. The monoisotopic (exact) mass is 1310 g/mol. The smallest absolute Gasteiger partial charge is 0.417 e. The number of alkyl halides is 9. The van der Waals surface area contributed by atoms with E-state index in [1.165, 1.54) is 60.7 Å². The number of carbonyl (C=O) groups excluding carboxylic acids is 3. The fraction of sp³-hybridized carbons (Fsp3) is 0.375. The van der Waals surface area contributed by atoms with Crippen molar-refractivity contribution in [2.75, 3.05) is 42.7 Å². The molecule has 94 heavy (non-hydrogen) atoms. The zero-order chi connectivity index (χ0) is 67.6. The van der Waals surface area contributed by atoms with E-state index in [0.717, 1.165) is 73.6 Å². The van der Waals surface area contributed by atoms with E-state index in [1.54, 1.807) is 51.6 Å². The van der Waals surface area contributed by atoms with Gasteiger partial charge in [-0.3, -0.25) is 19.4 Å². The summed E-state index contributed by atoms with van der Waals surface area (Å²) in [4.78, 5) is 75.3. The summed E-state index contributed by atoms with van der Waals surface area (Å²) in [6, 6.07) is 15.0. The van der Waals surface area contributed by atoms with Crippen molar-refractivity contribution in [1.82, 2.24) is 64.6 Å². The van der Waals surface area contributed by atoms with Gasteiger partial charge in [0.25, 0.3) is 17.7 Å². The quantitative estimate of drug-likeness (QED) is 0.0966. The predicted octanol–water partition coefficient (Wildman–Crippen LogP) is 12.2. The highest BCUT2D eigenvalue weighted by molar-refractivity contribution is 5.99. The van der Waals surface area contributed by atoms with Crippen LogP contribution in [0.15, 0.2) is 129 Å². The zero-order valence-electron chi connectivity index (χ0n) is 51.7. The zero-order valence-corrected chi connectivity index (χ0v) is 51.7. The number of aromatic nitrogens is 10. The van der Waals surface area contributed by atoms with Crippen molar-refractivity contribution < 1.29 is 63.0 Å². The van der Waals surface area contributed by atoms with Gasteiger partial charge < -0.3 is 35.4 Å². The van der Waals surface area contributed by atoms with Crippen molar-refractivity contribution in [2.45, 2.75) is 128 Å². The lowest BCUT2D eigenvalue weighted by molar-refractivity contribution is -0.138. The van der Waals surface area contributed by atoms with Gasteiger partial charge >= 0.3 is 18.5 Å². The third kappa shape index (κ3) is 16.5. The van der Waals surface area contributed by atoms with Gasteiger partial charge in [0.1, 0.15) is 28.8 Å². The number of hydrogen-bond acceptors (Lipinski definition) is 16. The number of nitrogens with one attached hydrogen (secondary N) is 3. The molecule has 3 aliphatic heterocycles. The average Bonchev–Trinajstić information content (AvgIpc) is 1.62. The normalized spacial score (nSPS) is 19.2. The molecular formula is C64H66F10N16O4. The Morgan fingerprint density at radius 3 is 1.33 bits per heavy atom. The average molecular weight is 1310 g/mol. The number of para-hydroxylation sites is 1. The molecule has 3 fully saturated rings. The molecule has 30 heteroatoms. The SMILES string of the molecule is COc1c(F)cccc1C(=O)N1CCC[C@@H](Nc2ccc(C(F)(F)F)cn2)[C@@H]1C.Cc1cnc(C(=O)N2CCC[C@@H](Nc3ccc(C(F)(F)F)cn3)[C@@H]2C)c(-c2ncccn2)c1.Cc1cnc(C(=O)N2CCC[C@@H](Nc3ccc(C(F)(F)F)cn3)[C@@H]2C)c(-n2nccn2)c1. The van der Waals surface area contributed by atoms with Crippen LogP contribution in [0.25, 0.3) is 17.1 Å². The molecule has 0 spiro atoms. The Morgan fingerprint density at radius 1 is 0.500 bits per heavy atom. The molecule has 3 saturated heterocycles. The fourth-order valence-electron chi connectivity index (χ4n) is 11.3. The molecule has 11 rings (SSSR count). The Morgan fingerprint density at radius 2 is 0.915 bits per heavy atom. The number of benzene rings is 1. The van der Waals surface area contributed by atoms with Crippen molar-refractivity contribution >= 4 is 35.2 Å². The lowest BCUT2D eigenvalue weighted by Crippen LogP contribution is -2.52. The summed E-state index contributed by atoms with van der Waals surface area (Å²) in [5.41, 5.74) is 1.02. The molecule has 0 unspecified atom stereocenters. The number of carbonyl (C=O) groups is 3. The first kappa shape index (κ1) is 68.5. The van der Waals surface area contributed by atoms with Gasteiger partial charge in [0.15, 0.2) is 23.1 Å². The van der Waals surface area contributed by atoms with E-state index in [4.69, 9.17) is 4.74 Å². The van der Waals surface area contributed by atoms with E-state index in [1.807, 2.05) is 40.7 Å². The van der Waals surface area contributed by atoms with Crippen LogP contribution in [-0.4, -0.2) is 145 Å². The summed E-state index contributed by atoms with van der Waals surface area (Å²) < 4.78 is 134. The molecule has 1 aromatic carbocycles. The molecule has 7 aromatic heterocycles. The van der Waals surface area contributed by atoms with Crippen LogP contribution < -0.4 is 20.7 Å². The Kier molecular flexibility index (Phi) is 21.4. The number of piperidine rings is 3.